The highest BCUT2D eigenvalue weighted by Crippen LogP contribution is 2.20. The van der Waals surface area contributed by atoms with Crippen molar-refractivity contribution in [2.75, 3.05) is 0 Å². The van der Waals surface area contributed by atoms with Gasteiger partial charge in [-0.3, -0.25) is 0 Å². The number of benzene rings is 1. The maximum atomic E-state index is 9.08. The molecule has 0 heterocycles. The van der Waals surface area contributed by atoms with Gasteiger partial charge in [0.25, 0.3) is 0 Å². The lowest BCUT2D eigenvalue weighted by Crippen LogP contribution is -1.82. The van der Waals surface area contributed by atoms with E-state index in [1.165, 1.54) is 12.8 Å². The molecule has 1 aromatic carbocycles. The van der Waals surface area contributed by atoms with Crippen molar-refractivity contribution in [1.82, 2.24) is 0 Å². The zero-order valence-electron chi connectivity index (χ0n) is 8.09. The maximum Gasteiger partial charge on any atom is 0.115 e. The van der Waals surface area contributed by atoms with Crippen LogP contribution in [0.5, 0.6) is 5.75 Å². The first-order valence-electron chi connectivity index (χ1n) is 4.71. The molecule has 0 atom stereocenters. The Labute approximate surface area is 79.7 Å². The van der Waals surface area contributed by atoms with E-state index in [-0.39, 0.29) is 0 Å². The SMILES string of the molecule is C=C(CCCC)c1ccc(O)cc1. The molecule has 0 bridgehead atoms. The highest BCUT2D eigenvalue weighted by atomic mass is 16.3. The predicted octanol–water partition coefficient (Wildman–Crippen LogP) is 3.60. The van der Waals surface area contributed by atoms with Crippen LogP contribution in [0.1, 0.15) is 31.7 Å². The van der Waals surface area contributed by atoms with Crippen molar-refractivity contribution in [3.8, 4) is 5.75 Å². The number of hydrogen-bond donors (Lipinski definition) is 1. The van der Waals surface area contributed by atoms with Crippen LogP contribution < -0.4 is 0 Å². The molecule has 0 aliphatic carbocycles. The van der Waals surface area contributed by atoms with Crippen LogP contribution in [-0.2, 0) is 0 Å². The maximum absolute atomic E-state index is 9.08. The zero-order valence-corrected chi connectivity index (χ0v) is 8.09. The monoisotopic (exact) mass is 176 g/mol. The highest BCUT2D eigenvalue weighted by molar-refractivity contribution is 5.63. The van der Waals surface area contributed by atoms with E-state index in [1.807, 2.05) is 12.1 Å². The minimum absolute atomic E-state index is 0.312. The lowest BCUT2D eigenvalue weighted by atomic mass is 10.0. The van der Waals surface area contributed by atoms with E-state index in [2.05, 4.69) is 13.5 Å². The van der Waals surface area contributed by atoms with Gasteiger partial charge in [0.1, 0.15) is 5.75 Å². The van der Waals surface area contributed by atoms with Crippen molar-refractivity contribution in [1.29, 1.82) is 0 Å². The predicted molar refractivity (Wildman–Crippen MR) is 56.7 cm³/mol. The Kier molecular flexibility index (Phi) is 3.56. The fourth-order valence-electron chi connectivity index (χ4n) is 1.23. The minimum atomic E-state index is 0.312. The Balaban J connectivity index is 2.61. The molecule has 0 saturated carbocycles. The molecule has 1 nitrogen and oxygen atoms in total. The lowest BCUT2D eigenvalue weighted by molar-refractivity contribution is 0.475. The Morgan fingerprint density at radius 2 is 1.92 bits per heavy atom. The van der Waals surface area contributed by atoms with Gasteiger partial charge in [0.15, 0.2) is 0 Å². The summed E-state index contributed by atoms with van der Waals surface area (Å²) in [4.78, 5) is 0. The third kappa shape index (κ3) is 2.94. The molecular formula is C12H16O. The van der Waals surface area contributed by atoms with Gasteiger partial charge in [0, 0.05) is 0 Å². The van der Waals surface area contributed by atoms with Crippen molar-refractivity contribution in [2.24, 2.45) is 0 Å². The molecule has 70 valence electrons. The number of phenolic OH excluding ortho intramolecular Hbond substituents is 1. The van der Waals surface area contributed by atoms with Crippen molar-refractivity contribution < 1.29 is 5.11 Å². The van der Waals surface area contributed by atoms with E-state index >= 15 is 0 Å². The third-order valence-corrected chi connectivity index (χ3v) is 2.11. The average Bonchev–Trinajstić information content (AvgIpc) is 2.15. The summed E-state index contributed by atoms with van der Waals surface area (Å²) in [6, 6.07) is 7.22. The molecule has 1 rings (SSSR count). The third-order valence-electron chi connectivity index (χ3n) is 2.11. The molecule has 1 N–H and O–H groups in total. The van der Waals surface area contributed by atoms with Gasteiger partial charge in [-0.2, -0.15) is 0 Å². The number of rotatable bonds is 4. The number of unbranched alkanes of at least 4 members (excludes halogenated alkanes) is 1. The molecule has 0 amide bonds. The van der Waals surface area contributed by atoms with E-state index in [0.29, 0.717) is 5.75 Å². The summed E-state index contributed by atoms with van der Waals surface area (Å²) in [5, 5.41) is 9.08. The molecular weight excluding hydrogens is 160 g/mol. The van der Waals surface area contributed by atoms with Crippen LogP contribution in [0.2, 0.25) is 0 Å². The molecule has 0 unspecified atom stereocenters. The van der Waals surface area contributed by atoms with Crippen molar-refractivity contribution in [2.45, 2.75) is 26.2 Å². The number of aromatic hydroxyl groups is 1. The lowest BCUT2D eigenvalue weighted by Gasteiger charge is -2.04. The molecule has 0 aliphatic heterocycles. The fourth-order valence-corrected chi connectivity index (χ4v) is 1.23. The van der Waals surface area contributed by atoms with Crippen LogP contribution >= 0.6 is 0 Å². The van der Waals surface area contributed by atoms with E-state index in [9.17, 15) is 0 Å². The van der Waals surface area contributed by atoms with Crippen LogP contribution in [0, 0.1) is 0 Å². The molecule has 0 spiro atoms. The molecule has 0 fully saturated rings. The first kappa shape index (κ1) is 9.85. The van der Waals surface area contributed by atoms with Gasteiger partial charge in [-0.25, -0.2) is 0 Å². The Morgan fingerprint density at radius 3 is 2.46 bits per heavy atom. The van der Waals surface area contributed by atoms with E-state index in [0.717, 1.165) is 17.6 Å². The molecule has 0 saturated heterocycles. The topological polar surface area (TPSA) is 20.2 Å². The summed E-state index contributed by atoms with van der Waals surface area (Å²) >= 11 is 0. The quantitative estimate of drug-likeness (QED) is 0.743. The summed E-state index contributed by atoms with van der Waals surface area (Å²) in [6.07, 6.45) is 3.41. The second-order valence-corrected chi connectivity index (χ2v) is 3.25. The Bertz CT molecular complexity index is 272. The summed E-state index contributed by atoms with van der Waals surface area (Å²) in [5.74, 6) is 0.312. The van der Waals surface area contributed by atoms with Crippen molar-refractivity contribution in [3.05, 3.63) is 36.4 Å². The molecule has 0 aromatic heterocycles. The van der Waals surface area contributed by atoms with Crippen LogP contribution in [0.3, 0.4) is 0 Å². The summed E-state index contributed by atoms with van der Waals surface area (Å²) in [7, 11) is 0. The van der Waals surface area contributed by atoms with Gasteiger partial charge in [-0.1, -0.05) is 32.1 Å². The number of allylic oxidation sites excluding steroid dienone is 1. The number of hydrogen-bond acceptors (Lipinski definition) is 1. The summed E-state index contributed by atoms with van der Waals surface area (Å²) < 4.78 is 0. The van der Waals surface area contributed by atoms with Crippen LogP contribution in [-0.4, -0.2) is 5.11 Å². The van der Waals surface area contributed by atoms with Gasteiger partial charge in [-0.05, 0) is 36.1 Å². The van der Waals surface area contributed by atoms with Gasteiger partial charge in [0.2, 0.25) is 0 Å². The van der Waals surface area contributed by atoms with Crippen molar-refractivity contribution >= 4 is 5.57 Å². The first-order valence-corrected chi connectivity index (χ1v) is 4.71. The van der Waals surface area contributed by atoms with E-state index in [1.54, 1.807) is 12.1 Å². The number of phenols is 1. The second kappa shape index (κ2) is 4.70. The van der Waals surface area contributed by atoms with Gasteiger partial charge in [-0.15, -0.1) is 0 Å². The normalized spacial score (nSPS) is 9.92. The second-order valence-electron chi connectivity index (χ2n) is 3.25. The summed E-state index contributed by atoms with van der Waals surface area (Å²) in [6.45, 7) is 6.18. The Morgan fingerprint density at radius 1 is 1.31 bits per heavy atom. The molecule has 13 heavy (non-hydrogen) atoms. The Hall–Kier alpha value is -1.24. The minimum Gasteiger partial charge on any atom is -0.508 e. The zero-order chi connectivity index (χ0) is 9.68. The molecule has 0 aliphatic rings. The van der Waals surface area contributed by atoms with Gasteiger partial charge < -0.3 is 5.11 Å². The van der Waals surface area contributed by atoms with Crippen molar-refractivity contribution in [3.63, 3.8) is 0 Å². The first-order chi connectivity index (χ1) is 6.24. The summed E-state index contributed by atoms with van der Waals surface area (Å²) in [5.41, 5.74) is 2.29. The smallest absolute Gasteiger partial charge is 0.115 e. The van der Waals surface area contributed by atoms with Crippen LogP contribution in [0.15, 0.2) is 30.8 Å². The van der Waals surface area contributed by atoms with Crippen LogP contribution in [0.25, 0.3) is 5.57 Å². The molecule has 1 heteroatoms. The molecule has 1 aromatic rings. The van der Waals surface area contributed by atoms with Gasteiger partial charge >= 0.3 is 0 Å². The van der Waals surface area contributed by atoms with E-state index in [4.69, 9.17) is 5.11 Å². The van der Waals surface area contributed by atoms with Gasteiger partial charge in [0.05, 0.1) is 0 Å². The highest BCUT2D eigenvalue weighted by Gasteiger charge is 1.97. The standard InChI is InChI=1S/C12H16O/c1-3-4-5-10(2)11-6-8-12(13)9-7-11/h6-9,13H,2-5H2,1H3. The molecule has 0 radical (unpaired) electrons. The average molecular weight is 176 g/mol. The van der Waals surface area contributed by atoms with Crippen LogP contribution in [0.4, 0.5) is 0 Å². The van der Waals surface area contributed by atoms with E-state index < -0.39 is 0 Å². The fraction of sp³-hybridized carbons (Fsp3) is 0.333. The largest absolute Gasteiger partial charge is 0.508 e.